The van der Waals surface area contributed by atoms with Crippen molar-refractivity contribution in [2.75, 3.05) is 26.2 Å². The summed E-state index contributed by atoms with van der Waals surface area (Å²) in [6.45, 7) is 9.80. The van der Waals surface area contributed by atoms with Gasteiger partial charge in [-0.25, -0.2) is 0 Å². The maximum atomic E-state index is 11.4. The number of allylic oxidation sites excluding steroid dienone is 2. The lowest BCUT2D eigenvalue weighted by atomic mass is 10.0. The molecule has 3 atom stereocenters. The molecule has 0 rings (SSSR count). The predicted molar refractivity (Wildman–Crippen MR) is 133 cm³/mol. The Hall–Kier alpha value is -1.89. The molecule has 0 heterocycles. The monoisotopic (exact) mass is 483 g/mol. The molecule has 0 fully saturated rings. The Morgan fingerprint density at radius 2 is 1.15 bits per heavy atom. The lowest BCUT2D eigenvalue weighted by molar-refractivity contribution is -0.929. The zero-order valence-corrected chi connectivity index (χ0v) is 22.0. The van der Waals surface area contributed by atoms with Gasteiger partial charge in [0.2, 0.25) is 0 Å². The minimum absolute atomic E-state index is 0.433. The number of carboxylic acids is 3. The van der Waals surface area contributed by atoms with Gasteiger partial charge in [0, 0.05) is 31.1 Å². The second-order valence-electron chi connectivity index (χ2n) is 10.1. The van der Waals surface area contributed by atoms with E-state index in [0.29, 0.717) is 43.4 Å². The molecule has 3 unspecified atom stereocenters. The minimum atomic E-state index is -1.08. The summed E-state index contributed by atoms with van der Waals surface area (Å²) >= 11 is 0. The fraction of sp³-hybridized carbons (Fsp3) is 0.815. The van der Waals surface area contributed by atoms with E-state index in [4.69, 9.17) is 0 Å². The molecule has 0 aliphatic rings. The SMILES string of the molecule is CCCCCC/C=C/CCCC[N+](CCC(C)C(=O)[O-])(CCC(C)C(=O)O)CCC(C)C(=O)O. The number of carbonyl (C=O) groups is 3. The molecule has 0 aliphatic carbocycles. The highest BCUT2D eigenvalue weighted by Gasteiger charge is 2.30. The third kappa shape index (κ3) is 15.1. The van der Waals surface area contributed by atoms with Crippen molar-refractivity contribution in [1.29, 1.82) is 0 Å². The highest BCUT2D eigenvalue weighted by molar-refractivity contribution is 5.69. The van der Waals surface area contributed by atoms with E-state index in [1.54, 1.807) is 20.8 Å². The van der Waals surface area contributed by atoms with Crippen LogP contribution in [0, 0.1) is 17.8 Å². The number of quaternary nitrogens is 1. The Morgan fingerprint density at radius 1 is 0.706 bits per heavy atom. The van der Waals surface area contributed by atoms with Crippen molar-refractivity contribution in [2.45, 2.75) is 98.3 Å². The van der Waals surface area contributed by atoms with Gasteiger partial charge in [-0.05, 0) is 32.1 Å². The molecule has 34 heavy (non-hydrogen) atoms. The molecule has 0 amide bonds. The summed E-state index contributed by atoms with van der Waals surface area (Å²) in [5.41, 5.74) is 0. The molecule has 0 bridgehead atoms. The first-order chi connectivity index (χ1) is 16.0. The van der Waals surface area contributed by atoms with Crippen LogP contribution in [0.1, 0.15) is 98.3 Å². The lowest BCUT2D eigenvalue weighted by Gasteiger charge is -2.41. The van der Waals surface area contributed by atoms with Crippen LogP contribution >= 0.6 is 0 Å². The third-order valence-corrected chi connectivity index (χ3v) is 7.00. The van der Waals surface area contributed by atoms with Gasteiger partial charge >= 0.3 is 11.9 Å². The molecule has 7 nitrogen and oxygen atoms in total. The van der Waals surface area contributed by atoms with Gasteiger partial charge < -0.3 is 24.6 Å². The van der Waals surface area contributed by atoms with Gasteiger partial charge in [0.25, 0.3) is 0 Å². The molecule has 0 aliphatic heterocycles. The summed E-state index contributed by atoms with van der Waals surface area (Å²) < 4.78 is 0.563. The summed E-state index contributed by atoms with van der Waals surface area (Å²) in [7, 11) is 0. The largest absolute Gasteiger partial charge is 0.550 e. The number of rotatable bonds is 22. The van der Waals surface area contributed by atoms with Crippen molar-refractivity contribution in [3.63, 3.8) is 0 Å². The third-order valence-electron chi connectivity index (χ3n) is 7.00. The Morgan fingerprint density at radius 3 is 1.56 bits per heavy atom. The van der Waals surface area contributed by atoms with Gasteiger partial charge in [-0.15, -0.1) is 0 Å². The molecule has 2 N–H and O–H groups in total. The highest BCUT2D eigenvalue weighted by Crippen LogP contribution is 2.21. The molecule has 0 aromatic carbocycles. The van der Waals surface area contributed by atoms with Gasteiger partial charge in [-0.2, -0.15) is 0 Å². The van der Waals surface area contributed by atoms with Gasteiger partial charge in [-0.1, -0.05) is 59.1 Å². The fourth-order valence-electron chi connectivity index (χ4n) is 4.07. The average molecular weight is 484 g/mol. The van der Waals surface area contributed by atoms with Crippen molar-refractivity contribution < 1.29 is 34.2 Å². The van der Waals surface area contributed by atoms with E-state index < -0.39 is 35.7 Å². The number of carbonyl (C=O) groups excluding carboxylic acids is 1. The number of hydrogen-bond acceptors (Lipinski definition) is 4. The van der Waals surface area contributed by atoms with Crippen LogP contribution in [0.3, 0.4) is 0 Å². The van der Waals surface area contributed by atoms with Crippen LogP contribution in [-0.2, 0) is 14.4 Å². The molecular formula is C27H49NO6. The van der Waals surface area contributed by atoms with Crippen molar-refractivity contribution in [3.8, 4) is 0 Å². The molecule has 198 valence electrons. The molecule has 0 radical (unpaired) electrons. The number of nitrogens with zero attached hydrogens (tertiary/aromatic N) is 1. The van der Waals surface area contributed by atoms with Crippen molar-refractivity contribution >= 4 is 17.9 Å². The first kappa shape index (κ1) is 32.1. The lowest BCUT2D eigenvalue weighted by Crippen LogP contribution is -2.52. The van der Waals surface area contributed by atoms with Crippen LogP contribution in [0.2, 0.25) is 0 Å². The number of aliphatic carboxylic acids is 3. The second-order valence-corrected chi connectivity index (χ2v) is 10.1. The van der Waals surface area contributed by atoms with Crippen LogP contribution in [0.25, 0.3) is 0 Å². The maximum Gasteiger partial charge on any atom is 0.306 e. The standard InChI is InChI=1S/C27H49NO6/c1-5-6-7-8-9-10-11-12-13-14-18-28(19-15-22(2)25(29)30,20-16-23(3)26(31)32)21-17-24(4)27(33)34/h10-11,22-24H,5-9,12-21H2,1-4H3,(H2-,29,30,31,32,33,34)/b11-10+. The summed E-state index contributed by atoms with van der Waals surface area (Å²) in [5.74, 6) is -4.36. The van der Waals surface area contributed by atoms with Crippen LogP contribution in [0.5, 0.6) is 0 Å². The second kappa shape index (κ2) is 18.4. The smallest absolute Gasteiger partial charge is 0.306 e. The summed E-state index contributed by atoms with van der Waals surface area (Å²) in [6.07, 6.45) is 14.9. The van der Waals surface area contributed by atoms with E-state index in [9.17, 15) is 29.7 Å². The summed E-state index contributed by atoms with van der Waals surface area (Å²) in [5, 5.41) is 30.0. The van der Waals surface area contributed by atoms with E-state index in [0.717, 1.165) is 32.2 Å². The van der Waals surface area contributed by atoms with E-state index in [1.807, 2.05) is 0 Å². The molecule has 0 saturated carbocycles. The van der Waals surface area contributed by atoms with Crippen LogP contribution in [-0.4, -0.2) is 58.8 Å². The number of hydrogen-bond donors (Lipinski definition) is 2. The van der Waals surface area contributed by atoms with E-state index in [-0.39, 0.29) is 0 Å². The molecule has 0 aromatic rings. The van der Waals surface area contributed by atoms with Gasteiger partial charge in [0.15, 0.2) is 0 Å². The van der Waals surface area contributed by atoms with Crippen LogP contribution < -0.4 is 5.11 Å². The molecule has 0 aromatic heterocycles. The Kier molecular flexibility index (Phi) is 17.4. The van der Waals surface area contributed by atoms with Crippen molar-refractivity contribution in [3.05, 3.63) is 12.2 Å². The summed E-state index contributed by atoms with van der Waals surface area (Å²) in [4.78, 5) is 34.1. The normalized spacial score (nSPS) is 16.1. The Balaban J connectivity index is 5.15. The topological polar surface area (TPSA) is 115 Å². The van der Waals surface area contributed by atoms with Gasteiger partial charge in [0.1, 0.15) is 0 Å². The first-order valence-corrected chi connectivity index (χ1v) is 13.2. The fourth-order valence-corrected chi connectivity index (χ4v) is 4.07. The van der Waals surface area contributed by atoms with E-state index >= 15 is 0 Å². The van der Waals surface area contributed by atoms with Crippen LogP contribution in [0.15, 0.2) is 12.2 Å². The Bertz CT molecular complexity index is 558. The zero-order chi connectivity index (χ0) is 26.0. The van der Waals surface area contributed by atoms with Crippen LogP contribution in [0.4, 0.5) is 0 Å². The van der Waals surface area contributed by atoms with Crippen molar-refractivity contribution in [2.24, 2.45) is 17.8 Å². The molecular weight excluding hydrogens is 434 g/mol. The first-order valence-electron chi connectivity index (χ1n) is 13.2. The van der Waals surface area contributed by atoms with Crippen molar-refractivity contribution in [1.82, 2.24) is 0 Å². The number of carboxylic acid groups (broad SMARTS) is 3. The minimum Gasteiger partial charge on any atom is -0.550 e. The average Bonchev–Trinajstić information content (AvgIpc) is 2.79. The molecule has 0 saturated heterocycles. The predicted octanol–water partition coefficient (Wildman–Crippen LogP) is 4.50. The quantitative estimate of drug-likeness (QED) is 0.133. The van der Waals surface area contributed by atoms with E-state index in [2.05, 4.69) is 19.1 Å². The van der Waals surface area contributed by atoms with E-state index in [1.165, 1.54) is 25.7 Å². The van der Waals surface area contributed by atoms with Gasteiger partial charge in [-0.3, -0.25) is 9.59 Å². The highest BCUT2D eigenvalue weighted by atomic mass is 16.4. The number of unbranched alkanes of at least 4 members (excludes halogenated alkanes) is 6. The van der Waals surface area contributed by atoms with Gasteiger partial charge in [0.05, 0.1) is 38.0 Å². The molecule has 0 spiro atoms. The summed E-state index contributed by atoms with van der Waals surface area (Å²) in [6, 6.07) is 0. The molecule has 7 heteroatoms. The maximum absolute atomic E-state index is 11.4. The zero-order valence-electron chi connectivity index (χ0n) is 22.0. The Labute approximate surface area is 206 Å².